The number of amides is 1. The number of methoxy groups -OCH3 is 1. The summed E-state index contributed by atoms with van der Waals surface area (Å²) in [5, 5.41) is 1.05. The molecule has 29 heavy (non-hydrogen) atoms. The maximum atomic E-state index is 12.8. The minimum Gasteiger partial charge on any atom is -0.495 e. The second kappa shape index (κ2) is 7.97. The van der Waals surface area contributed by atoms with E-state index < -0.39 is 0 Å². The van der Waals surface area contributed by atoms with E-state index in [4.69, 9.17) is 32.7 Å². The number of rotatable bonds is 5. The second-order valence-corrected chi connectivity index (χ2v) is 7.68. The summed E-state index contributed by atoms with van der Waals surface area (Å²) in [6, 6.07) is 10.5. The number of benzene rings is 2. The molecule has 1 saturated heterocycles. The fraction of sp³-hybridized carbons (Fsp3) is 0.238. The smallest absolute Gasteiger partial charge is 0.254 e. The van der Waals surface area contributed by atoms with Gasteiger partial charge < -0.3 is 18.9 Å². The third-order valence-electron chi connectivity index (χ3n) is 4.74. The molecule has 150 valence electrons. The first-order valence-electron chi connectivity index (χ1n) is 9.04. The first kappa shape index (κ1) is 19.6. The molecular formula is C21H19Cl2N3O3. The van der Waals surface area contributed by atoms with Crippen molar-refractivity contribution in [1.29, 1.82) is 0 Å². The molecule has 0 aliphatic carbocycles. The lowest BCUT2D eigenvalue weighted by molar-refractivity contribution is 0.0178. The molecule has 0 N–H and O–H groups in total. The molecule has 1 aromatic heterocycles. The van der Waals surface area contributed by atoms with Crippen LogP contribution in [0.5, 0.6) is 11.5 Å². The Bertz CT molecular complexity index is 1060. The van der Waals surface area contributed by atoms with Gasteiger partial charge in [-0.1, -0.05) is 23.2 Å². The van der Waals surface area contributed by atoms with Crippen molar-refractivity contribution >= 4 is 29.1 Å². The molecule has 2 aromatic carbocycles. The highest BCUT2D eigenvalue weighted by Crippen LogP contribution is 2.31. The lowest BCUT2D eigenvalue weighted by atomic mass is 10.1. The van der Waals surface area contributed by atoms with Crippen molar-refractivity contribution in [2.45, 2.75) is 13.0 Å². The highest BCUT2D eigenvalue weighted by molar-refractivity contribution is 6.34. The third kappa shape index (κ3) is 4.04. The van der Waals surface area contributed by atoms with E-state index in [-0.39, 0.29) is 12.0 Å². The summed E-state index contributed by atoms with van der Waals surface area (Å²) in [6.07, 6.45) is 3.50. The lowest BCUT2D eigenvalue weighted by Crippen LogP contribution is -2.56. The van der Waals surface area contributed by atoms with E-state index in [1.807, 2.05) is 23.8 Å². The maximum Gasteiger partial charge on any atom is 0.254 e. The molecule has 2 heterocycles. The molecule has 0 bridgehead atoms. The molecule has 0 spiro atoms. The van der Waals surface area contributed by atoms with Crippen LogP contribution in [0.2, 0.25) is 10.0 Å². The van der Waals surface area contributed by atoms with Gasteiger partial charge >= 0.3 is 0 Å². The van der Waals surface area contributed by atoms with Crippen LogP contribution in [0.1, 0.15) is 16.1 Å². The van der Waals surface area contributed by atoms with Crippen molar-refractivity contribution in [3.05, 3.63) is 70.2 Å². The van der Waals surface area contributed by atoms with E-state index in [2.05, 4.69) is 4.98 Å². The van der Waals surface area contributed by atoms with E-state index in [1.54, 1.807) is 48.7 Å². The Morgan fingerprint density at radius 2 is 1.93 bits per heavy atom. The van der Waals surface area contributed by atoms with Gasteiger partial charge in [0.2, 0.25) is 0 Å². The molecule has 8 heteroatoms. The Balaban J connectivity index is 1.43. The number of ether oxygens (including phenoxy) is 2. The average molecular weight is 432 g/mol. The molecule has 1 amide bonds. The summed E-state index contributed by atoms with van der Waals surface area (Å²) < 4.78 is 13.2. The van der Waals surface area contributed by atoms with Crippen molar-refractivity contribution in [2.75, 3.05) is 20.2 Å². The van der Waals surface area contributed by atoms with Gasteiger partial charge in [-0.15, -0.1) is 0 Å². The summed E-state index contributed by atoms with van der Waals surface area (Å²) in [7, 11) is 1.58. The molecule has 6 nitrogen and oxygen atoms in total. The molecule has 0 atom stereocenters. The average Bonchev–Trinajstić information content (AvgIpc) is 3.12. The zero-order chi connectivity index (χ0) is 20.5. The molecule has 1 fully saturated rings. The predicted octanol–water partition coefficient (Wildman–Crippen LogP) is 4.40. The predicted molar refractivity (Wildman–Crippen MR) is 112 cm³/mol. The van der Waals surface area contributed by atoms with Crippen LogP contribution in [-0.4, -0.2) is 46.7 Å². The second-order valence-electron chi connectivity index (χ2n) is 6.83. The van der Waals surface area contributed by atoms with Gasteiger partial charge in [0.15, 0.2) is 0 Å². The Hall–Kier alpha value is -2.70. The van der Waals surface area contributed by atoms with Crippen molar-refractivity contribution in [3.8, 4) is 17.2 Å². The van der Waals surface area contributed by atoms with Gasteiger partial charge in [0.1, 0.15) is 17.6 Å². The van der Waals surface area contributed by atoms with E-state index in [9.17, 15) is 4.79 Å². The molecule has 0 unspecified atom stereocenters. The first-order chi connectivity index (χ1) is 13.9. The monoisotopic (exact) mass is 431 g/mol. The largest absolute Gasteiger partial charge is 0.495 e. The standard InChI is InChI=1S/C21H19Cl2N3O3/c1-13-9-26(12-24-13)18-6-3-14(7-20(18)28-2)21(27)25-10-16(11-25)29-19-8-15(22)4-5-17(19)23/h3-9,12,16H,10-11H2,1-2H3. The number of carbonyl (C=O) groups is 1. The van der Waals surface area contributed by atoms with Crippen LogP contribution < -0.4 is 9.47 Å². The Labute approximate surface area is 178 Å². The number of nitrogens with zero attached hydrogens (tertiary/aromatic N) is 3. The first-order valence-corrected chi connectivity index (χ1v) is 9.80. The number of aromatic nitrogens is 2. The Kier molecular flexibility index (Phi) is 5.39. The molecule has 0 saturated carbocycles. The Morgan fingerprint density at radius 3 is 2.62 bits per heavy atom. The van der Waals surface area contributed by atoms with Gasteiger partial charge in [-0.3, -0.25) is 4.79 Å². The SMILES string of the molecule is COc1cc(C(=O)N2CC(Oc3cc(Cl)ccc3Cl)C2)ccc1-n1cnc(C)c1. The van der Waals surface area contributed by atoms with Crippen LogP contribution in [-0.2, 0) is 0 Å². The number of halogens is 2. The molecule has 3 aromatic rings. The van der Waals surface area contributed by atoms with Crippen LogP contribution in [0, 0.1) is 6.92 Å². The van der Waals surface area contributed by atoms with Gasteiger partial charge in [-0.2, -0.15) is 0 Å². The zero-order valence-corrected chi connectivity index (χ0v) is 17.4. The third-order valence-corrected chi connectivity index (χ3v) is 5.29. The molecular weight excluding hydrogens is 413 g/mol. The van der Waals surface area contributed by atoms with Crippen LogP contribution in [0.15, 0.2) is 48.9 Å². The maximum absolute atomic E-state index is 12.8. The zero-order valence-electron chi connectivity index (χ0n) is 15.9. The quantitative estimate of drug-likeness (QED) is 0.600. The molecule has 1 aliphatic rings. The topological polar surface area (TPSA) is 56.6 Å². The van der Waals surface area contributed by atoms with E-state index in [0.29, 0.717) is 40.2 Å². The molecule has 0 radical (unpaired) electrons. The highest BCUT2D eigenvalue weighted by atomic mass is 35.5. The van der Waals surface area contributed by atoms with Crippen LogP contribution >= 0.6 is 23.2 Å². The van der Waals surface area contributed by atoms with Gasteiger partial charge in [0, 0.05) is 22.8 Å². The van der Waals surface area contributed by atoms with Gasteiger partial charge in [-0.25, -0.2) is 4.98 Å². The highest BCUT2D eigenvalue weighted by Gasteiger charge is 2.33. The van der Waals surface area contributed by atoms with Gasteiger partial charge in [0.05, 0.1) is 42.9 Å². The minimum absolute atomic E-state index is 0.0753. The van der Waals surface area contributed by atoms with E-state index in [1.165, 1.54) is 0 Å². The number of imidazole rings is 1. The van der Waals surface area contributed by atoms with Gasteiger partial charge in [0.25, 0.3) is 5.91 Å². The van der Waals surface area contributed by atoms with Crippen molar-refractivity contribution < 1.29 is 14.3 Å². The number of hydrogen-bond acceptors (Lipinski definition) is 4. The minimum atomic E-state index is -0.120. The summed E-state index contributed by atoms with van der Waals surface area (Å²) in [5.41, 5.74) is 2.28. The van der Waals surface area contributed by atoms with Crippen molar-refractivity contribution in [1.82, 2.24) is 14.5 Å². The van der Waals surface area contributed by atoms with Crippen LogP contribution in [0.3, 0.4) is 0 Å². The normalized spacial score (nSPS) is 13.9. The van der Waals surface area contributed by atoms with E-state index in [0.717, 1.165) is 11.4 Å². The van der Waals surface area contributed by atoms with Crippen molar-refractivity contribution in [3.63, 3.8) is 0 Å². The summed E-state index contributed by atoms with van der Waals surface area (Å²) in [4.78, 5) is 18.8. The van der Waals surface area contributed by atoms with Crippen LogP contribution in [0.25, 0.3) is 5.69 Å². The summed E-state index contributed by atoms with van der Waals surface area (Å²) in [6.45, 7) is 2.87. The summed E-state index contributed by atoms with van der Waals surface area (Å²) in [5.74, 6) is 1.05. The Morgan fingerprint density at radius 1 is 1.14 bits per heavy atom. The fourth-order valence-electron chi connectivity index (χ4n) is 3.19. The number of aryl methyl sites for hydroxylation is 1. The van der Waals surface area contributed by atoms with E-state index >= 15 is 0 Å². The van der Waals surface area contributed by atoms with Crippen LogP contribution in [0.4, 0.5) is 0 Å². The molecule has 1 aliphatic heterocycles. The fourth-order valence-corrected chi connectivity index (χ4v) is 3.51. The lowest BCUT2D eigenvalue weighted by Gasteiger charge is -2.39. The number of likely N-dealkylation sites (tertiary alicyclic amines) is 1. The van der Waals surface area contributed by atoms with Crippen molar-refractivity contribution in [2.24, 2.45) is 0 Å². The summed E-state index contributed by atoms with van der Waals surface area (Å²) >= 11 is 12.1. The number of carbonyl (C=O) groups excluding carboxylic acids is 1. The molecule has 4 rings (SSSR count). The number of hydrogen-bond donors (Lipinski definition) is 0. The van der Waals surface area contributed by atoms with Gasteiger partial charge in [-0.05, 0) is 37.3 Å².